The molecular formula is C17H31NO2. The number of hydrogen-bond donors (Lipinski definition) is 1. The zero-order valence-corrected chi connectivity index (χ0v) is 12.9. The summed E-state index contributed by atoms with van der Waals surface area (Å²) in [6, 6.07) is 0.429. The summed E-state index contributed by atoms with van der Waals surface area (Å²) in [6.45, 7) is 1.42. The van der Waals surface area contributed by atoms with Crippen molar-refractivity contribution in [2.75, 3.05) is 13.2 Å². The summed E-state index contributed by atoms with van der Waals surface area (Å²) in [5.74, 6) is 1.05. The molecule has 1 amide bonds. The molecule has 0 radical (unpaired) electrons. The van der Waals surface area contributed by atoms with Crippen molar-refractivity contribution in [3.63, 3.8) is 0 Å². The average Bonchev–Trinajstić information content (AvgIpc) is 2.49. The maximum Gasteiger partial charge on any atom is 0.222 e. The minimum atomic E-state index is 0.176. The van der Waals surface area contributed by atoms with Gasteiger partial charge in [-0.25, -0.2) is 0 Å². The van der Waals surface area contributed by atoms with Crippen molar-refractivity contribution in [3.8, 4) is 0 Å². The lowest BCUT2D eigenvalue weighted by atomic mass is 9.87. The molecule has 2 aliphatic rings. The molecule has 0 saturated heterocycles. The topological polar surface area (TPSA) is 38.3 Å². The van der Waals surface area contributed by atoms with Crippen molar-refractivity contribution in [1.82, 2.24) is 5.32 Å². The van der Waals surface area contributed by atoms with Crippen LogP contribution in [0.2, 0.25) is 0 Å². The first kappa shape index (κ1) is 15.8. The third-order valence-corrected chi connectivity index (χ3v) is 4.84. The molecule has 0 aliphatic heterocycles. The number of ether oxygens (including phenoxy) is 1. The smallest absolute Gasteiger partial charge is 0.222 e. The molecule has 2 aliphatic carbocycles. The number of carbonyl (C=O) groups is 1. The molecule has 20 heavy (non-hydrogen) atoms. The van der Waals surface area contributed by atoms with E-state index in [4.69, 9.17) is 4.74 Å². The van der Waals surface area contributed by atoms with Crippen molar-refractivity contribution in [1.29, 1.82) is 0 Å². The van der Waals surface area contributed by atoms with E-state index in [1.165, 1.54) is 57.8 Å². The summed E-state index contributed by atoms with van der Waals surface area (Å²) in [7, 11) is 0. The van der Waals surface area contributed by atoms with Gasteiger partial charge in [0, 0.05) is 19.1 Å². The van der Waals surface area contributed by atoms with Crippen molar-refractivity contribution >= 4 is 5.91 Å². The number of rotatable bonds is 7. The van der Waals surface area contributed by atoms with Crippen LogP contribution in [0.5, 0.6) is 0 Å². The van der Waals surface area contributed by atoms with Crippen LogP contribution in [-0.2, 0) is 9.53 Å². The second-order valence-electron chi connectivity index (χ2n) is 6.56. The van der Waals surface area contributed by atoms with E-state index in [-0.39, 0.29) is 5.91 Å². The second-order valence-corrected chi connectivity index (χ2v) is 6.56. The molecule has 1 N–H and O–H groups in total. The van der Waals surface area contributed by atoms with E-state index in [2.05, 4.69) is 5.32 Å². The Kier molecular flexibility index (Phi) is 7.42. The van der Waals surface area contributed by atoms with Crippen molar-refractivity contribution in [3.05, 3.63) is 0 Å². The van der Waals surface area contributed by atoms with Crippen LogP contribution in [0, 0.1) is 5.92 Å². The van der Waals surface area contributed by atoms with Crippen molar-refractivity contribution < 1.29 is 9.53 Å². The highest BCUT2D eigenvalue weighted by Crippen LogP contribution is 2.26. The van der Waals surface area contributed by atoms with Crippen LogP contribution in [0.25, 0.3) is 0 Å². The van der Waals surface area contributed by atoms with E-state index in [9.17, 15) is 4.79 Å². The molecule has 0 aromatic carbocycles. The lowest BCUT2D eigenvalue weighted by Crippen LogP contribution is -2.36. The van der Waals surface area contributed by atoms with Gasteiger partial charge in [-0.3, -0.25) is 4.79 Å². The average molecular weight is 281 g/mol. The highest BCUT2D eigenvalue weighted by molar-refractivity contribution is 5.76. The molecule has 2 fully saturated rings. The highest BCUT2D eigenvalue weighted by Gasteiger charge is 2.15. The summed E-state index contributed by atoms with van der Waals surface area (Å²) in [4.78, 5) is 11.8. The SMILES string of the molecule is O=C(CCOCCC1CCCCC1)NC1CCCCC1. The fourth-order valence-corrected chi connectivity index (χ4v) is 3.54. The van der Waals surface area contributed by atoms with E-state index >= 15 is 0 Å². The molecule has 0 atom stereocenters. The van der Waals surface area contributed by atoms with Gasteiger partial charge in [-0.05, 0) is 25.2 Å². The number of carbonyl (C=O) groups excluding carboxylic acids is 1. The lowest BCUT2D eigenvalue weighted by Gasteiger charge is -2.23. The fourth-order valence-electron chi connectivity index (χ4n) is 3.54. The summed E-state index contributed by atoms with van der Waals surface area (Å²) in [5, 5.41) is 3.14. The lowest BCUT2D eigenvalue weighted by molar-refractivity contribution is -0.123. The largest absolute Gasteiger partial charge is 0.381 e. The molecule has 0 aromatic heterocycles. The first-order chi connectivity index (χ1) is 9.84. The standard InChI is InChI=1S/C17H31NO2/c19-17(18-16-9-5-2-6-10-16)12-14-20-13-11-15-7-3-1-4-8-15/h15-16H,1-14H2,(H,18,19). The Morgan fingerprint density at radius 3 is 2.25 bits per heavy atom. The molecule has 2 saturated carbocycles. The van der Waals surface area contributed by atoms with Crippen LogP contribution in [0.3, 0.4) is 0 Å². The highest BCUT2D eigenvalue weighted by atomic mass is 16.5. The fraction of sp³-hybridized carbons (Fsp3) is 0.941. The van der Waals surface area contributed by atoms with Crippen molar-refractivity contribution in [2.45, 2.75) is 83.1 Å². The Labute approximate surface area is 123 Å². The van der Waals surface area contributed by atoms with Crippen molar-refractivity contribution in [2.24, 2.45) is 5.92 Å². The van der Waals surface area contributed by atoms with Gasteiger partial charge in [-0.2, -0.15) is 0 Å². The molecule has 3 nitrogen and oxygen atoms in total. The molecule has 3 heteroatoms. The summed E-state index contributed by atoms with van der Waals surface area (Å²) < 4.78 is 5.64. The second kappa shape index (κ2) is 9.38. The molecule has 0 bridgehead atoms. The predicted octanol–water partition coefficient (Wildman–Crippen LogP) is 3.81. The summed E-state index contributed by atoms with van der Waals surface area (Å²) >= 11 is 0. The van der Waals surface area contributed by atoms with E-state index < -0.39 is 0 Å². The predicted molar refractivity (Wildman–Crippen MR) is 81.6 cm³/mol. The van der Waals surface area contributed by atoms with E-state index in [0.717, 1.165) is 25.4 Å². The van der Waals surface area contributed by atoms with Gasteiger partial charge in [0.1, 0.15) is 0 Å². The molecule has 0 unspecified atom stereocenters. The molecule has 2 rings (SSSR count). The van der Waals surface area contributed by atoms with Gasteiger partial charge in [0.25, 0.3) is 0 Å². The summed E-state index contributed by atoms with van der Waals surface area (Å²) in [6.07, 6.45) is 14.9. The molecule has 0 heterocycles. The van der Waals surface area contributed by atoms with Crippen LogP contribution < -0.4 is 5.32 Å². The maximum absolute atomic E-state index is 11.8. The van der Waals surface area contributed by atoms with E-state index in [0.29, 0.717) is 19.1 Å². The first-order valence-electron chi connectivity index (χ1n) is 8.71. The Morgan fingerprint density at radius 2 is 1.55 bits per heavy atom. The number of nitrogens with one attached hydrogen (secondary N) is 1. The van der Waals surface area contributed by atoms with Crippen LogP contribution in [0.4, 0.5) is 0 Å². The van der Waals surface area contributed by atoms with Gasteiger partial charge < -0.3 is 10.1 Å². The number of amides is 1. The zero-order chi connectivity index (χ0) is 14.0. The minimum absolute atomic E-state index is 0.176. The molecule has 0 spiro atoms. The third kappa shape index (κ3) is 6.25. The zero-order valence-electron chi connectivity index (χ0n) is 12.9. The third-order valence-electron chi connectivity index (χ3n) is 4.84. The van der Waals surface area contributed by atoms with E-state index in [1.807, 2.05) is 0 Å². The molecule has 0 aromatic rings. The quantitative estimate of drug-likeness (QED) is 0.721. The Morgan fingerprint density at radius 1 is 0.900 bits per heavy atom. The van der Waals surface area contributed by atoms with Gasteiger partial charge in [0.05, 0.1) is 6.61 Å². The summed E-state index contributed by atoms with van der Waals surface area (Å²) in [5.41, 5.74) is 0. The van der Waals surface area contributed by atoms with Crippen LogP contribution in [0.15, 0.2) is 0 Å². The normalized spacial score (nSPS) is 21.8. The Bertz CT molecular complexity index is 268. The Hall–Kier alpha value is -0.570. The number of hydrogen-bond acceptors (Lipinski definition) is 2. The molecule has 116 valence electrons. The van der Waals surface area contributed by atoms with Crippen LogP contribution in [0.1, 0.15) is 77.0 Å². The first-order valence-corrected chi connectivity index (χ1v) is 8.71. The monoisotopic (exact) mass is 281 g/mol. The molecular weight excluding hydrogens is 250 g/mol. The van der Waals surface area contributed by atoms with Crippen LogP contribution in [-0.4, -0.2) is 25.2 Å². The van der Waals surface area contributed by atoms with Gasteiger partial charge in [0.15, 0.2) is 0 Å². The Balaban J connectivity index is 1.44. The van der Waals surface area contributed by atoms with Gasteiger partial charge >= 0.3 is 0 Å². The van der Waals surface area contributed by atoms with E-state index in [1.54, 1.807) is 0 Å². The van der Waals surface area contributed by atoms with Crippen LogP contribution >= 0.6 is 0 Å². The van der Waals surface area contributed by atoms with Gasteiger partial charge in [-0.1, -0.05) is 51.4 Å². The maximum atomic E-state index is 11.8. The van der Waals surface area contributed by atoms with Gasteiger partial charge in [-0.15, -0.1) is 0 Å². The van der Waals surface area contributed by atoms with Gasteiger partial charge in [0.2, 0.25) is 5.91 Å². The minimum Gasteiger partial charge on any atom is -0.381 e.